The Balaban J connectivity index is 1.89. The van der Waals surface area contributed by atoms with Crippen LogP contribution in [0.3, 0.4) is 0 Å². The molecule has 5 nitrogen and oxygen atoms in total. The first-order chi connectivity index (χ1) is 10.6. The lowest BCUT2D eigenvalue weighted by Gasteiger charge is -2.31. The van der Waals surface area contributed by atoms with Crippen molar-refractivity contribution in [1.82, 2.24) is 0 Å². The highest BCUT2D eigenvalue weighted by atomic mass is 35.5. The highest BCUT2D eigenvalue weighted by molar-refractivity contribution is 6.33. The van der Waals surface area contributed by atoms with Crippen LogP contribution in [-0.4, -0.2) is 18.6 Å². The van der Waals surface area contributed by atoms with E-state index in [0.29, 0.717) is 11.6 Å². The number of rotatable bonds is 3. The number of nitro groups is 1. The Morgan fingerprint density at radius 1 is 1.23 bits per heavy atom. The molecule has 114 valence electrons. The zero-order valence-electron chi connectivity index (χ0n) is 12.1. The third kappa shape index (κ3) is 2.72. The first kappa shape index (κ1) is 14.7. The van der Waals surface area contributed by atoms with Crippen LogP contribution in [-0.2, 0) is 13.0 Å². The minimum atomic E-state index is -0.438. The van der Waals surface area contributed by atoms with Gasteiger partial charge in [0.15, 0.2) is 0 Å². The fraction of sp³-hybridized carbons (Fsp3) is 0.250. The molecule has 0 saturated carbocycles. The second-order valence-electron chi connectivity index (χ2n) is 5.20. The van der Waals surface area contributed by atoms with Crippen molar-refractivity contribution in [2.24, 2.45) is 0 Å². The Kier molecular flexibility index (Phi) is 3.90. The largest absolute Gasteiger partial charge is 0.497 e. The lowest BCUT2D eigenvalue weighted by Crippen LogP contribution is -2.30. The number of halogens is 1. The summed E-state index contributed by atoms with van der Waals surface area (Å²) < 4.78 is 5.27. The van der Waals surface area contributed by atoms with Crippen LogP contribution in [0.25, 0.3) is 0 Å². The van der Waals surface area contributed by atoms with Crippen LogP contribution in [0.2, 0.25) is 5.02 Å². The number of anilines is 1. The first-order valence-electron chi connectivity index (χ1n) is 6.93. The Morgan fingerprint density at radius 3 is 2.73 bits per heavy atom. The summed E-state index contributed by atoms with van der Waals surface area (Å²) in [6.45, 7) is 1.54. The van der Waals surface area contributed by atoms with Crippen molar-refractivity contribution in [2.75, 3.05) is 18.6 Å². The average Bonchev–Trinajstić information content (AvgIpc) is 2.53. The van der Waals surface area contributed by atoms with Gasteiger partial charge in [0.05, 0.1) is 22.7 Å². The van der Waals surface area contributed by atoms with Crippen LogP contribution >= 0.6 is 11.6 Å². The molecule has 0 atom stereocenters. The van der Waals surface area contributed by atoms with Gasteiger partial charge in [0.25, 0.3) is 5.69 Å². The fourth-order valence-electron chi connectivity index (χ4n) is 2.73. The standard InChI is InChI=1S/C16H15ClN2O3/c1-22-14-4-2-11-6-7-18(10-12(11)8-14)16-5-3-13(19(20)21)9-15(16)17/h2-5,8-9H,6-7,10H2,1H3. The molecule has 0 aromatic heterocycles. The Bertz CT molecular complexity index is 733. The molecule has 2 aromatic rings. The molecule has 0 radical (unpaired) electrons. The van der Waals surface area contributed by atoms with Gasteiger partial charge in [0.1, 0.15) is 5.75 Å². The van der Waals surface area contributed by atoms with Crippen LogP contribution in [0.5, 0.6) is 5.75 Å². The summed E-state index contributed by atoms with van der Waals surface area (Å²) in [5, 5.41) is 11.2. The molecule has 0 bridgehead atoms. The molecular formula is C16H15ClN2O3. The van der Waals surface area contributed by atoms with Gasteiger partial charge in [0.2, 0.25) is 0 Å². The minimum absolute atomic E-state index is 0.00725. The zero-order chi connectivity index (χ0) is 15.7. The quantitative estimate of drug-likeness (QED) is 0.637. The fourth-order valence-corrected chi connectivity index (χ4v) is 3.03. The summed E-state index contributed by atoms with van der Waals surface area (Å²) in [5.41, 5.74) is 3.32. The lowest BCUT2D eigenvalue weighted by atomic mass is 9.99. The maximum atomic E-state index is 10.8. The molecule has 6 heteroatoms. The van der Waals surface area contributed by atoms with E-state index in [1.54, 1.807) is 13.2 Å². The summed E-state index contributed by atoms with van der Waals surface area (Å²) in [4.78, 5) is 12.5. The number of methoxy groups -OCH3 is 1. The molecule has 0 N–H and O–H groups in total. The summed E-state index contributed by atoms with van der Waals surface area (Å²) in [5.74, 6) is 0.829. The number of nitro benzene ring substituents is 1. The molecule has 0 spiro atoms. The Labute approximate surface area is 133 Å². The molecule has 0 fully saturated rings. The number of benzene rings is 2. The van der Waals surface area contributed by atoms with Gasteiger partial charge in [-0.3, -0.25) is 10.1 Å². The maximum absolute atomic E-state index is 10.8. The van der Waals surface area contributed by atoms with Gasteiger partial charge in [-0.15, -0.1) is 0 Å². The van der Waals surface area contributed by atoms with Crippen molar-refractivity contribution in [3.8, 4) is 5.75 Å². The number of hydrogen-bond acceptors (Lipinski definition) is 4. The predicted molar refractivity (Wildman–Crippen MR) is 85.9 cm³/mol. The van der Waals surface area contributed by atoms with Crippen LogP contribution in [0.4, 0.5) is 11.4 Å². The van der Waals surface area contributed by atoms with Crippen LogP contribution in [0, 0.1) is 10.1 Å². The number of fused-ring (bicyclic) bond motifs is 1. The van der Waals surface area contributed by atoms with E-state index in [1.165, 1.54) is 23.3 Å². The summed E-state index contributed by atoms with van der Waals surface area (Å²) in [6.07, 6.45) is 0.909. The molecule has 22 heavy (non-hydrogen) atoms. The monoisotopic (exact) mass is 318 g/mol. The first-order valence-corrected chi connectivity index (χ1v) is 7.31. The molecule has 3 rings (SSSR count). The molecule has 1 heterocycles. The van der Waals surface area contributed by atoms with Crippen LogP contribution < -0.4 is 9.64 Å². The highest BCUT2D eigenvalue weighted by Crippen LogP contribution is 2.33. The van der Waals surface area contributed by atoms with Gasteiger partial charge in [0, 0.05) is 25.2 Å². The van der Waals surface area contributed by atoms with Gasteiger partial charge in [-0.05, 0) is 35.7 Å². The summed E-state index contributed by atoms with van der Waals surface area (Å²) in [6, 6.07) is 10.7. The minimum Gasteiger partial charge on any atom is -0.497 e. The van der Waals surface area contributed by atoms with Crippen molar-refractivity contribution < 1.29 is 9.66 Å². The molecule has 0 saturated heterocycles. The topological polar surface area (TPSA) is 55.6 Å². The summed E-state index contributed by atoms with van der Waals surface area (Å²) >= 11 is 6.22. The molecular weight excluding hydrogens is 304 g/mol. The van der Waals surface area contributed by atoms with E-state index in [4.69, 9.17) is 16.3 Å². The molecule has 0 unspecified atom stereocenters. The third-order valence-corrected chi connectivity index (χ3v) is 4.21. The highest BCUT2D eigenvalue weighted by Gasteiger charge is 2.20. The van der Waals surface area contributed by atoms with Gasteiger partial charge in [-0.25, -0.2) is 0 Å². The molecule has 0 amide bonds. The Hall–Kier alpha value is -2.27. The van der Waals surface area contributed by atoms with E-state index in [0.717, 1.165) is 24.4 Å². The lowest BCUT2D eigenvalue weighted by molar-refractivity contribution is -0.384. The zero-order valence-corrected chi connectivity index (χ0v) is 12.8. The van der Waals surface area contributed by atoms with Crippen molar-refractivity contribution in [3.05, 3.63) is 62.7 Å². The molecule has 2 aromatic carbocycles. The van der Waals surface area contributed by atoms with E-state index >= 15 is 0 Å². The van der Waals surface area contributed by atoms with Gasteiger partial charge >= 0.3 is 0 Å². The van der Waals surface area contributed by atoms with E-state index in [1.807, 2.05) is 12.1 Å². The van der Waals surface area contributed by atoms with Crippen molar-refractivity contribution in [3.63, 3.8) is 0 Å². The van der Waals surface area contributed by atoms with Crippen LogP contribution in [0.1, 0.15) is 11.1 Å². The van der Waals surface area contributed by atoms with Gasteiger partial charge < -0.3 is 9.64 Å². The van der Waals surface area contributed by atoms with Crippen molar-refractivity contribution in [2.45, 2.75) is 13.0 Å². The van der Waals surface area contributed by atoms with Crippen LogP contribution in [0.15, 0.2) is 36.4 Å². The molecule has 0 aliphatic carbocycles. The van der Waals surface area contributed by atoms with Crippen molar-refractivity contribution >= 4 is 23.0 Å². The maximum Gasteiger partial charge on any atom is 0.271 e. The third-order valence-electron chi connectivity index (χ3n) is 3.91. The van der Waals surface area contributed by atoms with Gasteiger partial charge in [-0.1, -0.05) is 17.7 Å². The smallest absolute Gasteiger partial charge is 0.271 e. The number of hydrogen-bond donors (Lipinski definition) is 0. The van der Waals surface area contributed by atoms with E-state index in [2.05, 4.69) is 11.0 Å². The van der Waals surface area contributed by atoms with E-state index < -0.39 is 4.92 Å². The van der Waals surface area contributed by atoms with E-state index in [9.17, 15) is 10.1 Å². The number of ether oxygens (including phenoxy) is 1. The second-order valence-corrected chi connectivity index (χ2v) is 5.61. The molecule has 1 aliphatic heterocycles. The Morgan fingerprint density at radius 2 is 2.05 bits per heavy atom. The number of nitrogens with zero attached hydrogens (tertiary/aromatic N) is 2. The van der Waals surface area contributed by atoms with E-state index in [-0.39, 0.29) is 5.69 Å². The predicted octanol–water partition coefficient (Wildman–Crippen LogP) is 3.82. The average molecular weight is 319 g/mol. The summed E-state index contributed by atoms with van der Waals surface area (Å²) in [7, 11) is 1.65. The normalized spacial score (nSPS) is 13.6. The molecule has 1 aliphatic rings. The SMILES string of the molecule is COc1ccc2c(c1)CN(c1ccc([N+](=O)[O-])cc1Cl)CC2. The van der Waals surface area contributed by atoms with Gasteiger partial charge in [-0.2, -0.15) is 0 Å². The van der Waals surface area contributed by atoms with Crippen molar-refractivity contribution in [1.29, 1.82) is 0 Å². The number of non-ortho nitro benzene ring substituents is 1. The second kappa shape index (κ2) is 5.85.